The number of nitriles is 1. The third kappa shape index (κ3) is 2.26. The van der Waals surface area contributed by atoms with E-state index in [1.54, 1.807) is 6.07 Å². The highest BCUT2D eigenvalue weighted by molar-refractivity contribution is 9.10. The highest BCUT2D eigenvalue weighted by Gasteiger charge is 2.61. The monoisotopic (exact) mass is 420 g/mol. The van der Waals surface area contributed by atoms with Gasteiger partial charge in [0.05, 0.1) is 29.0 Å². The standard InChI is InChI=1S/C17H7BrF2N2O4/c18-16-13-12(14(23)15(20)17(13)24-1-2-25-17)11(7-22-16)26-10-4-8(6-21)3-9(19)5-10/h1-5,7,15H. The van der Waals surface area contributed by atoms with Crippen LogP contribution in [0.4, 0.5) is 8.78 Å². The van der Waals surface area contributed by atoms with Crippen LogP contribution < -0.4 is 4.74 Å². The lowest BCUT2D eigenvalue weighted by molar-refractivity contribution is -0.177. The van der Waals surface area contributed by atoms with Crippen LogP contribution >= 0.6 is 15.9 Å². The molecule has 2 aliphatic rings. The molecule has 1 spiro atoms. The molecule has 0 radical (unpaired) electrons. The second-order valence-electron chi connectivity index (χ2n) is 5.45. The number of alkyl halides is 1. The van der Waals surface area contributed by atoms with Gasteiger partial charge in [-0.3, -0.25) is 4.79 Å². The molecule has 4 rings (SSSR count). The van der Waals surface area contributed by atoms with Gasteiger partial charge in [0.15, 0.2) is 5.75 Å². The van der Waals surface area contributed by atoms with Crippen molar-refractivity contribution in [1.82, 2.24) is 4.98 Å². The van der Waals surface area contributed by atoms with E-state index in [1.807, 2.05) is 0 Å². The molecule has 1 aromatic carbocycles. The maximum absolute atomic E-state index is 14.7. The molecule has 0 amide bonds. The molecule has 6 nitrogen and oxygen atoms in total. The number of Topliss-reactive ketones (excluding diaryl/α,β-unsaturated/α-hetero) is 1. The quantitative estimate of drug-likeness (QED) is 0.686. The second kappa shape index (κ2) is 5.78. The molecular formula is C17H7BrF2N2O4. The average molecular weight is 421 g/mol. The molecule has 1 unspecified atom stereocenters. The summed E-state index contributed by atoms with van der Waals surface area (Å²) in [5.74, 6) is -3.74. The van der Waals surface area contributed by atoms with Crippen molar-refractivity contribution >= 4 is 21.7 Å². The number of rotatable bonds is 2. The van der Waals surface area contributed by atoms with Gasteiger partial charge in [-0.25, -0.2) is 13.8 Å². The van der Waals surface area contributed by atoms with Crippen molar-refractivity contribution in [3.05, 3.63) is 64.0 Å². The Balaban J connectivity index is 1.84. The molecule has 2 aromatic rings. The van der Waals surface area contributed by atoms with E-state index in [9.17, 15) is 13.6 Å². The molecule has 0 fully saturated rings. The van der Waals surface area contributed by atoms with Gasteiger partial charge in [0, 0.05) is 6.07 Å². The van der Waals surface area contributed by atoms with E-state index in [0.29, 0.717) is 0 Å². The maximum Gasteiger partial charge on any atom is 0.320 e. The van der Waals surface area contributed by atoms with Crippen molar-refractivity contribution in [2.75, 3.05) is 0 Å². The molecule has 2 heterocycles. The highest BCUT2D eigenvalue weighted by Crippen LogP contribution is 2.51. The fourth-order valence-corrected chi connectivity index (χ4v) is 3.45. The molecular weight excluding hydrogens is 414 g/mol. The van der Waals surface area contributed by atoms with E-state index >= 15 is 0 Å². The first-order chi connectivity index (χ1) is 12.5. The SMILES string of the molecule is N#Cc1cc(F)cc(Oc2cnc(Br)c3c2C(=O)C(F)C32OC=CO2)c1. The van der Waals surface area contributed by atoms with Crippen LogP contribution in [0.2, 0.25) is 0 Å². The molecule has 130 valence electrons. The fraction of sp³-hybridized carbons (Fsp3) is 0.118. The number of benzene rings is 1. The fourth-order valence-electron chi connectivity index (χ4n) is 2.87. The molecule has 0 saturated carbocycles. The maximum atomic E-state index is 14.7. The number of ketones is 1. The Bertz CT molecular complexity index is 1010. The number of fused-ring (bicyclic) bond motifs is 2. The van der Waals surface area contributed by atoms with Crippen LogP contribution in [-0.2, 0) is 15.3 Å². The van der Waals surface area contributed by atoms with Gasteiger partial charge in [-0.1, -0.05) is 0 Å². The third-order valence-corrected chi connectivity index (χ3v) is 4.53. The first-order valence-electron chi connectivity index (χ1n) is 7.23. The summed E-state index contributed by atoms with van der Waals surface area (Å²) >= 11 is 3.16. The molecule has 0 N–H and O–H groups in total. The number of aromatic nitrogens is 1. The Morgan fingerprint density at radius 3 is 2.73 bits per heavy atom. The lowest BCUT2D eigenvalue weighted by atomic mass is 10.1. The van der Waals surface area contributed by atoms with Gasteiger partial charge in [0.1, 0.15) is 28.7 Å². The lowest BCUT2D eigenvalue weighted by Crippen LogP contribution is -2.36. The summed E-state index contributed by atoms with van der Waals surface area (Å²) in [4.78, 5) is 16.5. The molecule has 9 heteroatoms. The molecule has 1 aliphatic heterocycles. The Kier molecular flexibility index (Phi) is 3.66. The average Bonchev–Trinajstić information content (AvgIpc) is 3.18. The van der Waals surface area contributed by atoms with Crippen LogP contribution in [0.1, 0.15) is 21.5 Å². The summed E-state index contributed by atoms with van der Waals surface area (Å²) in [6.07, 6.45) is 1.30. The zero-order valence-corrected chi connectivity index (χ0v) is 14.3. The summed E-state index contributed by atoms with van der Waals surface area (Å²) in [5.41, 5.74) is -0.0696. The van der Waals surface area contributed by atoms with Crippen molar-refractivity contribution < 1.29 is 27.8 Å². The first-order valence-corrected chi connectivity index (χ1v) is 8.02. The Morgan fingerprint density at radius 1 is 1.31 bits per heavy atom. The van der Waals surface area contributed by atoms with Crippen LogP contribution in [0, 0.1) is 17.1 Å². The van der Waals surface area contributed by atoms with Gasteiger partial charge in [0.2, 0.25) is 12.0 Å². The smallest absolute Gasteiger partial charge is 0.320 e. The number of carbonyl (C=O) groups excluding carboxylic acids is 1. The minimum Gasteiger partial charge on any atom is -0.455 e. The molecule has 1 atom stereocenters. The zero-order valence-electron chi connectivity index (χ0n) is 12.7. The Morgan fingerprint density at radius 2 is 2.04 bits per heavy atom. The van der Waals surface area contributed by atoms with Crippen molar-refractivity contribution in [3.8, 4) is 17.6 Å². The summed E-state index contributed by atoms with van der Waals surface area (Å²) < 4.78 is 44.4. The summed E-state index contributed by atoms with van der Waals surface area (Å²) in [6.45, 7) is 0. The molecule has 1 aliphatic carbocycles. The van der Waals surface area contributed by atoms with Gasteiger partial charge in [-0.05, 0) is 28.1 Å². The number of nitrogens with zero attached hydrogens (tertiary/aromatic N) is 2. The third-order valence-electron chi connectivity index (χ3n) is 3.93. The molecule has 26 heavy (non-hydrogen) atoms. The van der Waals surface area contributed by atoms with Crippen LogP contribution in [0.15, 0.2) is 41.5 Å². The summed E-state index contributed by atoms with van der Waals surface area (Å²) in [6, 6.07) is 5.13. The first kappa shape index (κ1) is 16.5. The van der Waals surface area contributed by atoms with Gasteiger partial charge >= 0.3 is 5.79 Å². The number of pyridine rings is 1. The van der Waals surface area contributed by atoms with E-state index in [4.69, 9.17) is 19.5 Å². The molecule has 0 bridgehead atoms. The van der Waals surface area contributed by atoms with E-state index < -0.39 is 23.6 Å². The zero-order chi connectivity index (χ0) is 18.5. The van der Waals surface area contributed by atoms with E-state index in [-0.39, 0.29) is 32.8 Å². The van der Waals surface area contributed by atoms with E-state index in [1.165, 1.54) is 12.3 Å². The van der Waals surface area contributed by atoms with Crippen LogP contribution in [0.5, 0.6) is 11.5 Å². The Hall–Kier alpha value is -2.99. The van der Waals surface area contributed by atoms with E-state index in [0.717, 1.165) is 24.7 Å². The van der Waals surface area contributed by atoms with Gasteiger partial charge < -0.3 is 14.2 Å². The van der Waals surface area contributed by atoms with Crippen molar-refractivity contribution in [1.29, 1.82) is 5.26 Å². The van der Waals surface area contributed by atoms with Crippen LogP contribution in [0.3, 0.4) is 0 Å². The number of carbonyl (C=O) groups is 1. The van der Waals surface area contributed by atoms with Crippen molar-refractivity contribution in [2.45, 2.75) is 12.0 Å². The summed E-state index contributed by atoms with van der Waals surface area (Å²) in [5, 5.41) is 8.93. The topological polar surface area (TPSA) is 81.4 Å². The largest absolute Gasteiger partial charge is 0.455 e. The lowest BCUT2D eigenvalue weighted by Gasteiger charge is -2.25. The van der Waals surface area contributed by atoms with E-state index in [2.05, 4.69) is 20.9 Å². The number of hydrogen-bond acceptors (Lipinski definition) is 6. The molecule has 0 saturated heterocycles. The minimum absolute atomic E-state index is 0.0274. The van der Waals surface area contributed by atoms with Gasteiger partial charge in [0.25, 0.3) is 0 Å². The summed E-state index contributed by atoms with van der Waals surface area (Å²) in [7, 11) is 0. The molecule has 1 aromatic heterocycles. The Labute approximate surface area is 153 Å². The van der Waals surface area contributed by atoms with Crippen molar-refractivity contribution in [3.63, 3.8) is 0 Å². The number of halogens is 3. The number of hydrogen-bond donors (Lipinski definition) is 0. The normalized spacial score (nSPS) is 19.0. The minimum atomic E-state index is -2.14. The van der Waals surface area contributed by atoms with Crippen LogP contribution in [0.25, 0.3) is 0 Å². The second-order valence-corrected chi connectivity index (χ2v) is 6.21. The van der Waals surface area contributed by atoms with Crippen LogP contribution in [-0.4, -0.2) is 16.9 Å². The predicted molar refractivity (Wildman–Crippen MR) is 85.3 cm³/mol. The predicted octanol–water partition coefficient (Wildman–Crippen LogP) is 3.85. The highest BCUT2D eigenvalue weighted by atomic mass is 79.9. The van der Waals surface area contributed by atoms with Gasteiger partial charge in [-0.15, -0.1) is 0 Å². The van der Waals surface area contributed by atoms with Gasteiger partial charge in [-0.2, -0.15) is 5.26 Å². The number of ether oxygens (including phenoxy) is 3. The van der Waals surface area contributed by atoms with Crippen molar-refractivity contribution in [2.24, 2.45) is 0 Å².